The highest BCUT2D eigenvalue weighted by Gasteiger charge is 2.25. The summed E-state index contributed by atoms with van der Waals surface area (Å²) in [6.45, 7) is 0. The maximum absolute atomic E-state index is 12.3. The van der Waals surface area contributed by atoms with Crippen LogP contribution in [0, 0.1) is 10.1 Å². The first kappa shape index (κ1) is 16.9. The molecule has 0 saturated carbocycles. The van der Waals surface area contributed by atoms with Crippen molar-refractivity contribution in [2.24, 2.45) is 5.14 Å². The van der Waals surface area contributed by atoms with Gasteiger partial charge < -0.3 is 0 Å². The van der Waals surface area contributed by atoms with Crippen molar-refractivity contribution in [2.45, 2.75) is 9.79 Å². The van der Waals surface area contributed by atoms with Gasteiger partial charge in [0.2, 0.25) is 10.0 Å². The molecule has 0 heterocycles. The molecule has 9 nitrogen and oxygen atoms in total. The van der Waals surface area contributed by atoms with Crippen LogP contribution in [-0.4, -0.2) is 21.8 Å². The van der Waals surface area contributed by atoms with Gasteiger partial charge in [-0.1, -0.05) is 18.2 Å². The van der Waals surface area contributed by atoms with Crippen LogP contribution in [0.3, 0.4) is 0 Å². The number of rotatable bonds is 5. The minimum absolute atomic E-state index is 0.0883. The second kappa shape index (κ2) is 5.95. The highest BCUT2D eigenvalue weighted by molar-refractivity contribution is 7.93. The molecule has 0 aliphatic heterocycles. The SMILES string of the molecule is NS(=O)(=O)c1cccc(NS(=O)(=O)c2ccccc2[N+](=O)[O-])c1. The van der Waals surface area contributed by atoms with E-state index in [2.05, 4.69) is 4.72 Å². The molecule has 11 heteroatoms. The summed E-state index contributed by atoms with van der Waals surface area (Å²) in [6, 6.07) is 9.58. The molecule has 0 atom stereocenters. The Hall–Kier alpha value is -2.50. The zero-order valence-corrected chi connectivity index (χ0v) is 13.0. The number of anilines is 1. The molecule has 0 bridgehead atoms. The summed E-state index contributed by atoms with van der Waals surface area (Å²) < 4.78 is 49.2. The van der Waals surface area contributed by atoms with Gasteiger partial charge in [-0.2, -0.15) is 0 Å². The van der Waals surface area contributed by atoms with Crippen molar-refractivity contribution in [1.29, 1.82) is 0 Å². The summed E-state index contributed by atoms with van der Waals surface area (Å²) >= 11 is 0. The first-order valence-corrected chi connectivity index (χ1v) is 9.03. The zero-order valence-electron chi connectivity index (χ0n) is 11.4. The van der Waals surface area contributed by atoms with Gasteiger partial charge in [-0.3, -0.25) is 14.8 Å². The molecule has 2 rings (SSSR count). The van der Waals surface area contributed by atoms with E-state index in [0.717, 1.165) is 18.2 Å². The van der Waals surface area contributed by atoms with Gasteiger partial charge in [0.05, 0.1) is 15.5 Å². The Morgan fingerprint density at radius 2 is 1.65 bits per heavy atom. The fourth-order valence-corrected chi connectivity index (χ4v) is 3.56. The number of hydrogen-bond acceptors (Lipinski definition) is 6. The van der Waals surface area contributed by atoms with Gasteiger partial charge in [0.15, 0.2) is 4.90 Å². The number of nitro benzene ring substituents is 1. The van der Waals surface area contributed by atoms with Crippen LogP contribution in [0.5, 0.6) is 0 Å². The number of primary sulfonamides is 1. The molecule has 0 unspecified atom stereocenters. The summed E-state index contributed by atoms with van der Waals surface area (Å²) in [5, 5.41) is 15.9. The van der Waals surface area contributed by atoms with Crippen molar-refractivity contribution in [2.75, 3.05) is 4.72 Å². The molecule has 0 amide bonds. The Morgan fingerprint density at radius 3 is 2.26 bits per heavy atom. The van der Waals surface area contributed by atoms with E-state index in [-0.39, 0.29) is 10.6 Å². The molecular weight excluding hydrogens is 346 g/mol. The van der Waals surface area contributed by atoms with E-state index in [9.17, 15) is 26.9 Å². The quantitative estimate of drug-likeness (QED) is 0.603. The maximum Gasteiger partial charge on any atom is 0.289 e. The lowest BCUT2D eigenvalue weighted by molar-refractivity contribution is -0.387. The van der Waals surface area contributed by atoms with E-state index in [1.807, 2.05) is 0 Å². The average Bonchev–Trinajstić information content (AvgIpc) is 2.46. The lowest BCUT2D eigenvalue weighted by atomic mass is 10.3. The minimum Gasteiger partial charge on any atom is -0.279 e. The fourth-order valence-electron chi connectivity index (χ4n) is 1.78. The van der Waals surface area contributed by atoms with Gasteiger partial charge in [-0.05, 0) is 24.3 Å². The minimum atomic E-state index is -4.28. The lowest BCUT2D eigenvalue weighted by Gasteiger charge is -2.09. The third kappa shape index (κ3) is 3.83. The smallest absolute Gasteiger partial charge is 0.279 e. The Balaban J connectivity index is 2.46. The first-order valence-electron chi connectivity index (χ1n) is 6.00. The lowest BCUT2D eigenvalue weighted by Crippen LogP contribution is -2.16. The van der Waals surface area contributed by atoms with Crippen molar-refractivity contribution >= 4 is 31.4 Å². The molecule has 0 aliphatic rings. The summed E-state index contributed by atoms with van der Waals surface area (Å²) in [7, 11) is -8.29. The van der Waals surface area contributed by atoms with E-state index in [0.29, 0.717) is 0 Å². The monoisotopic (exact) mass is 357 g/mol. The van der Waals surface area contributed by atoms with Crippen molar-refractivity contribution in [1.82, 2.24) is 0 Å². The van der Waals surface area contributed by atoms with E-state index >= 15 is 0 Å². The van der Waals surface area contributed by atoms with Gasteiger partial charge >= 0.3 is 0 Å². The molecule has 0 aliphatic carbocycles. The summed E-state index contributed by atoms with van der Waals surface area (Å²) in [5.74, 6) is 0. The standard InChI is InChI=1S/C12H11N3O6S2/c13-22(18,19)10-5-3-4-9(8-10)14-23(20,21)12-7-2-1-6-11(12)15(16)17/h1-8,14H,(H2,13,18,19). The number of nitrogens with two attached hydrogens (primary N) is 1. The molecule has 2 aromatic rings. The van der Waals surface area contributed by atoms with Crippen LogP contribution >= 0.6 is 0 Å². The predicted molar refractivity (Wildman–Crippen MR) is 81.7 cm³/mol. The van der Waals surface area contributed by atoms with Crippen LogP contribution in [0.1, 0.15) is 0 Å². The number of benzene rings is 2. The maximum atomic E-state index is 12.3. The summed E-state index contributed by atoms with van der Waals surface area (Å²) in [4.78, 5) is 9.27. The molecule has 0 fully saturated rings. The summed E-state index contributed by atoms with van der Waals surface area (Å²) in [5.41, 5.74) is -0.683. The zero-order chi connectivity index (χ0) is 17.3. The van der Waals surface area contributed by atoms with Crippen molar-refractivity contribution in [3.63, 3.8) is 0 Å². The number of para-hydroxylation sites is 1. The van der Waals surface area contributed by atoms with E-state index < -0.39 is 35.6 Å². The Kier molecular flexibility index (Phi) is 4.36. The molecule has 122 valence electrons. The fraction of sp³-hybridized carbons (Fsp3) is 0. The number of nitrogens with zero attached hydrogens (tertiary/aromatic N) is 1. The van der Waals surface area contributed by atoms with Crippen LogP contribution in [0.2, 0.25) is 0 Å². The third-order valence-electron chi connectivity index (χ3n) is 2.77. The average molecular weight is 357 g/mol. The van der Waals surface area contributed by atoms with Crippen LogP contribution in [0.25, 0.3) is 0 Å². The molecule has 23 heavy (non-hydrogen) atoms. The second-order valence-electron chi connectivity index (χ2n) is 4.40. The van der Waals surface area contributed by atoms with Crippen LogP contribution < -0.4 is 9.86 Å². The second-order valence-corrected chi connectivity index (χ2v) is 7.62. The van der Waals surface area contributed by atoms with Gasteiger partial charge in [0, 0.05) is 6.07 Å². The Bertz CT molecular complexity index is 970. The van der Waals surface area contributed by atoms with Gasteiger partial charge in [0.1, 0.15) is 0 Å². The van der Waals surface area contributed by atoms with Crippen molar-refractivity contribution in [3.05, 3.63) is 58.6 Å². The third-order valence-corrected chi connectivity index (χ3v) is 5.11. The Labute approximate surface area is 132 Å². The normalized spacial score (nSPS) is 11.9. The van der Waals surface area contributed by atoms with E-state index in [1.165, 1.54) is 30.3 Å². The number of sulfonamides is 2. The van der Waals surface area contributed by atoms with E-state index in [1.54, 1.807) is 0 Å². The van der Waals surface area contributed by atoms with Crippen LogP contribution in [0.4, 0.5) is 11.4 Å². The molecular formula is C12H11N3O6S2. The largest absolute Gasteiger partial charge is 0.289 e. The van der Waals surface area contributed by atoms with Crippen molar-refractivity contribution < 1.29 is 21.8 Å². The van der Waals surface area contributed by atoms with E-state index in [4.69, 9.17) is 5.14 Å². The summed E-state index contributed by atoms with van der Waals surface area (Å²) in [6.07, 6.45) is 0. The molecule has 0 saturated heterocycles. The molecule has 2 aromatic carbocycles. The number of hydrogen-bond donors (Lipinski definition) is 2. The van der Waals surface area contributed by atoms with Crippen LogP contribution in [-0.2, 0) is 20.0 Å². The molecule has 0 radical (unpaired) electrons. The van der Waals surface area contributed by atoms with Gasteiger partial charge in [-0.25, -0.2) is 22.0 Å². The van der Waals surface area contributed by atoms with Crippen LogP contribution in [0.15, 0.2) is 58.3 Å². The highest BCUT2D eigenvalue weighted by atomic mass is 32.2. The predicted octanol–water partition coefficient (Wildman–Crippen LogP) is 1.04. The van der Waals surface area contributed by atoms with Gasteiger partial charge in [-0.15, -0.1) is 0 Å². The molecule has 0 spiro atoms. The van der Waals surface area contributed by atoms with Gasteiger partial charge in [0.25, 0.3) is 15.7 Å². The number of nitro groups is 1. The first-order chi connectivity index (χ1) is 10.6. The molecule has 0 aromatic heterocycles. The topological polar surface area (TPSA) is 149 Å². The Morgan fingerprint density at radius 1 is 1.00 bits per heavy atom. The van der Waals surface area contributed by atoms with Crippen molar-refractivity contribution in [3.8, 4) is 0 Å². The number of nitrogens with one attached hydrogen (secondary N) is 1. The highest BCUT2D eigenvalue weighted by Crippen LogP contribution is 2.25. The molecule has 3 N–H and O–H groups in total.